The van der Waals surface area contributed by atoms with Crippen LogP contribution in [0.4, 0.5) is 10.1 Å². The first-order chi connectivity index (χ1) is 14.8. The molecule has 2 heterocycles. The standard InChI is InChI=1S/C24H20FN3O3/c1-14-11-19(15(2)26-20-6-4-3-5-18(20)24(30)31)23-27-21(12-22(29)28(23)13-14)16-7-9-17(25)10-8-16/h3-13,15,26H,1-2H3,(H,30,31). The average molecular weight is 417 g/mol. The lowest BCUT2D eigenvalue weighted by molar-refractivity contribution is 0.0698. The zero-order valence-electron chi connectivity index (χ0n) is 17.0. The van der Waals surface area contributed by atoms with Crippen molar-refractivity contribution in [2.24, 2.45) is 0 Å². The summed E-state index contributed by atoms with van der Waals surface area (Å²) >= 11 is 0. The van der Waals surface area contributed by atoms with Crippen molar-refractivity contribution in [1.29, 1.82) is 0 Å². The van der Waals surface area contributed by atoms with Gasteiger partial charge in [-0.1, -0.05) is 12.1 Å². The molecule has 1 atom stereocenters. The number of halogens is 1. The third kappa shape index (κ3) is 4.02. The summed E-state index contributed by atoms with van der Waals surface area (Å²) in [5.41, 5.74) is 3.49. The highest BCUT2D eigenvalue weighted by Crippen LogP contribution is 2.26. The van der Waals surface area contributed by atoms with Crippen LogP contribution in [0.25, 0.3) is 16.9 Å². The number of aromatic nitrogens is 2. The van der Waals surface area contributed by atoms with Crippen LogP contribution in [0, 0.1) is 12.7 Å². The highest BCUT2D eigenvalue weighted by Gasteiger charge is 2.17. The van der Waals surface area contributed by atoms with Crippen molar-refractivity contribution >= 4 is 17.3 Å². The maximum absolute atomic E-state index is 13.3. The van der Waals surface area contributed by atoms with Gasteiger partial charge in [0.25, 0.3) is 5.56 Å². The van der Waals surface area contributed by atoms with Gasteiger partial charge in [-0.2, -0.15) is 0 Å². The zero-order valence-corrected chi connectivity index (χ0v) is 17.0. The molecule has 4 aromatic rings. The fourth-order valence-corrected chi connectivity index (χ4v) is 3.56. The number of rotatable bonds is 5. The first kappa shape index (κ1) is 20.3. The monoisotopic (exact) mass is 417 g/mol. The summed E-state index contributed by atoms with van der Waals surface area (Å²) in [7, 11) is 0. The molecule has 0 fully saturated rings. The third-order valence-electron chi connectivity index (χ3n) is 5.06. The van der Waals surface area contributed by atoms with E-state index >= 15 is 0 Å². The zero-order chi connectivity index (χ0) is 22.1. The molecule has 2 aromatic heterocycles. The van der Waals surface area contributed by atoms with Crippen LogP contribution in [0.15, 0.2) is 71.7 Å². The van der Waals surface area contributed by atoms with Crippen LogP contribution in [-0.4, -0.2) is 20.5 Å². The van der Waals surface area contributed by atoms with Gasteiger partial charge in [0.05, 0.1) is 17.3 Å². The van der Waals surface area contributed by atoms with E-state index < -0.39 is 5.97 Å². The van der Waals surface area contributed by atoms with Gasteiger partial charge in [0, 0.05) is 29.1 Å². The fraction of sp³-hybridized carbons (Fsp3) is 0.125. The number of hydrogen-bond acceptors (Lipinski definition) is 4. The number of nitrogens with zero attached hydrogens (tertiary/aromatic N) is 2. The molecule has 0 saturated carbocycles. The number of carboxylic acid groups (broad SMARTS) is 1. The minimum atomic E-state index is -1.03. The number of hydrogen-bond donors (Lipinski definition) is 2. The molecule has 0 bridgehead atoms. The van der Waals surface area contributed by atoms with Crippen LogP contribution in [0.2, 0.25) is 0 Å². The van der Waals surface area contributed by atoms with E-state index in [0.717, 1.165) is 11.1 Å². The van der Waals surface area contributed by atoms with E-state index in [1.807, 2.05) is 19.9 Å². The quantitative estimate of drug-likeness (QED) is 0.493. The molecule has 31 heavy (non-hydrogen) atoms. The summed E-state index contributed by atoms with van der Waals surface area (Å²) in [6, 6.07) is 15.4. The van der Waals surface area contributed by atoms with Crippen molar-refractivity contribution in [2.75, 3.05) is 5.32 Å². The Morgan fingerprint density at radius 1 is 1.13 bits per heavy atom. The van der Waals surface area contributed by atoms with E-state index in [-0.39, 0.29) is 23.0 Å². The topological polar surface area (TPSA) is 83.7 Å². The van der Waals surface area contributed by atoms with E-state index in [1.165, 1.54) is 28.7 Å². The average Bonchev–Trinajstić information content (AvgIpc) is 2.74. The predicted molar refractivity (Wildman–Crippen MR) is 117 cm³/mol. The van der Waals surface area contributed by atoms with Crippen molar-refractivity contribution in [2.45, 2.75) is 19.9 Å². The number of nitrogens with one attached hydrogen (secondary N) is 1. The van der Waals surface area contributed by atoms with Crippen molar-refractivity contribution in [1.82, 2.24) is 9.38 Å². The molecule has 0 spiro atoms. The number of para-hydroxylation sites is 1. The van der Waals surface area contributed by atoms with E-state index in [2.05, 4.69) is 10.3 Å². The van der Waals surface area contributed by atoms with Crippen molar-refractivity contribution < 1.29 is 14.3 Å². The molecule has 0 aliphatic heterocycles. The fourth-order valence-electron chi connectivity index (χ4n) is 3.56. The Morgan fingerprint density at radius 3 is 2.55 bits per heavy atom. The molecule has 7 heteroatoms. The lowest BCUT2D eigenvalue weighted by atomic mass is 10.1. The van der Waals surface area contributed by atoms with Gasteiger partial charge < -0.3 is 10.4 Å². The van der Waals surface area contributed by atoms with Crippen molar-refractivity contribution in [3.63, 3.8) is 0 Å². The number of benzene rings is 2. The molecule has 156 valence electrons. The lowest BCUT2D eigenvalue weighted by Gasteiger charge is -2.20. The Morgan fingerprint density at radius 2 is 1.84 bits per heavy atom. The molecular formula is C24H20FN3O3. The molecular weight excluding hydrogens is 397 g/mol. The predicted octanol–water partition coefficient (Wildman–Crippen LogP) is 4.68. The largest absolute Gasteiger partial charge is 0.478 e. The first-order valence-electron chi connectivity index (χ1n) is 9.72. The van der Waals surface area contributed by atoms with E-state index in [9.17, 15) is 19.1 Å². The number of aromatic carboxylic acids is 1. The van der Waals surface area contributed by atoms with Crippen LogP contribution in [0.1, 0.15) is 34.5 Å². The smallest absolute Gasteiger partial charge is 0.337 e. The van der Waals surface area contributed by atoms with Gasteiger partial charge in [0.15, 0.2) is 0 Å². The minimum absolute atomic E-state index is 0.156. The van der Waals surface area contributed by atoms with E-state index in [1.54, 1.807) is 36.5 Å². The summed E-state index contributed by atoms with van der Waals surface area (Å²) < 4.78 is 14.8. The minimum Gasteiger partial charge on any atom is -0.478 e. The third-order valence-corrected chi connectivity index (χ3v) is 5.06. The lowest BCUT2D eigenvalue weighted by Crippen LogP contribution is -2.19. The van der Waals surface area contributed by atoms with Gasteiger partial charge in [-0.05, 0) is 61.9 Å². The number of fused-ring (bicyclic) bond motifs is 1. The van der Waals surface area contributed by atoms with Crippen LogP contribution in [0.3, 0.4) is 0 Å². The number of aryl methyl sites for hydroxylation is 1. The Labute approximate surface area is 177 Å². The van der Waals surface area contributed by atoms with Gasteiger partial charge in [-0.3, -0.25) is 9.20 Å². The summed E-state index contributed by atoms with van der Waals surface area (Å²) in [4.78, 5) is 29.1. The summed E-state index contributed by atoms with van der Waals surface area (Å²) in [5.74, 6) is -1.40. The maximum Gasteiger partial charge on any atom is 0.337 e. The highest BCUT2D eigenvalue weighted by atomic mass is 19.1. The summed E-state index contributed by atoms with van der Waals surface area (Å²) in [6.45, 7) is 3.76. The van der Waals surface area contributed by atoms with E-state index in [0.29, 0.717) is 22.6 Å². The Balaban J connectivity index is 1.84. The maximum atomic E-state index is 13.3. The second-order valence-corrected chi connectivity index (χ2v) is 7.37. The van der Waals surface area contributed by atoms with Crippen molar-refractivity contribution in [3.05, 3.63) is 99.7 Å². The van der Waals surface area contributed by atoms with Crippen LogP contribution in [0.5, 0.6) is 0 Å². The SMILES string of the molecule is Cc1cc(C(C)Nc2ccccc2C(=O)O)c2nc(-c3ccc(F)cc3)cc(=O)n2c1. The van der Waals surface area contributed by atoms with Gasteiger partial charge in [0.1, 0.15) is 11.5 Å². The molecule has 6 nitrogen and oxygen atoms in total. The van der Waals surface area contributed by atoms with Crippen LogP contribution < -0.4 is 10.9 Å². The summed E-state index contributed by atoms with van der Waals surface area (Å²) in [6.07, 6.45) is 1.71. The Hall–Kier alpha value is -4.00. The van der Waals surface area contributed by atoms with Gasteiger partial charge in [-0.15, -0.1) is 0 Å². The van der Waals surface area contributed by atoms with Crippen molar-refractivity contribution in [3.8, 4) is 11.3 Å². The normalized spacial score (nSPS) is 12.0. The number of anilines is 1. The second-order valence-electron chi connectivity index (χ2n) is 7.37. The number of pyridine rings is 1. The molecule has 0 radical (unpaired) electrons. The first-order valence-corrected chi connectivity index (χ1v) is 9.72. The van der Waals surface area contributed by atoms with Crippen LogP contribution >= 0.6 is 0 Å². The molecule has 0 saturated heterocycles. The highest BCUT2D eigenvalue weighted by molar-refractivity contribution is 5.94. The number of carboxylic acids is 1. The Bertz CT molecular complexity index is 1350. The second kappa shape index (κ2) is 8.02. The van der Waals surface area contributed by atoms with Gasteiger partial charge in [0.2, 0.25) is 0 Å². The van der Waals surface area contributed by atoms with E-state index in [4.69, 9.17) is 0 Å². The van der Waals surface area contributed by atoms with Gasteiger partial charge in [-0.25, -0.2) is 14.2 Å². The number of carbonyl (C=O) groups is 1. The molecule has 0 amide bonds. The molecule has 1 unspecified atom stereocenters. The summed E-state index contributed by atoms with van der Waals surface area (Å²) in [5, 5.41) is 12.7. The molecule has 4 rings (SSSR count). The molecule has 2 aromatic carbocycles. The molecule has 2 N–H and O–H groups in total. The molecule has 0 aliphatic rings. The Kier molecular flexibility index (Phi) is 5.25. The molecule has 0 aliphatic carbocycles. The van der Waals surface area contributed by atoms with Crippen LogP contribution in [-0.2, 0) is 0 Å². The van der Waals surface area contributed by atoms with Gasteiger partial charge >= 0.3 is 5.97 Å².